The van der Waals surface area contributed by atoms with Crippen molar-refractivity contribution >= 4 is 11.8 Å². The maximum absolute atomic E-state index is 12.7. The summed E-state index contributed by atoms with van der Waals surface area (Å²) in [5, 5.41) is 3.28. The monoisotopic (exact) mass is 385 g/mol. The topological polar surface area (TPSA) is 52.7 Å². The molecule has 28 heavy (non-hydrogen) atoms. The first-order chi connectivity index (χ1) is 13.3. The van der Waals surface area contributed by atoms with Gasteiger partial charge >= 0.3 is 0 Å². The van der Waals surface area contributed by atoms with Gasteiger partial charge in [0, 0.05) is 50.1 Å². The van der Waals surface area contributed by atoms with Crippen molar-refractivity contribution in [2.45, 2.75) is 59.0 Å². The minimum Gasteiger partial charge on any atom is -0.353 e. The lowest BCUT2D eigenvalue weighted by atomic mass is 9.90. The maximum Gasteiger partial charge on any atom is 0.227 e. The molecule has 0 unspecified atom stereocenters. The van der Waals surface area contributed by atoms with Crippen LogP contribution in [0.5, 0.6) is 0 Å². The molecular formula is C23H35N3O2. The molecule has 0 aromatic heterocycles. The van der Waals surface area contributed by atoms with Crippen LogP contribution >= 0.6 is 0 Å². The summed E-state index contributed by atoms with van der Waals surface area (Å²) in [5.74, 6) is 0.424. The van der Waals surface area contributed by atoms with Crippen LogP contribution in [0.25, 0.3) is 0 Å². The second kappa shape index (κ2) is 9.08. The largest absolute Gasteiger partial charge is 0.353 e. The number of hydrogen-bond acceptors (Lipinski definition) is 3. The first-order valence-corrected chi connectivity index (χ1v) is 10.7. The summed E-state index contributed by atoms with van der Waals surface area (Å²) < 4.78 is 0. The van der Waals surface area contributed by atoms with E-state index in [0.29, 0.717) is 13.1 Å². The zero-order chi connectivity index (χ0) is 20.1. The molecule has 0 aliphatic carbocycles. The predicted octanol–water partition coefficient (Wildman–Crippen LogP) is 3.05. The first-order valence-electron chi connectivity index (χ1n) is 10.7. The van der Waals surface area contributed by atoms with E-state index in [4.69, 9.17) is 0 Å². The zero-order valence-corrected chi connectivity index (χ0v) is 17.6. The molecule has 5 nitrogen and oxygen atoms in total. The molecule has 1 aromatic rings. The fourth-order valence-electron chi connectivity index (χ4n) is 4.22. The van der Waals surface area contributed by atoms with Gasteiger partial charge in [0.1, 0.15) is 0 Å². The second-order valence-electron chi connectivity index (χ2n) is 9.36. The Morgan fingerprint density at radius 2 is 1.57 bits per heavy atom. The van der Waals surface area contributed by atoms with Gasteiger partial charge in [-0.3, -0.25) is 14.5 Å². The summed E-state index contributed by atoms with van der Waals surface area (Å²) in [7, 11) is 0. The Bertz CT molecular complexity index is 652. The summed E-state index contributed by atoms with van der Waals surface area (Å²) in [6.07, 6.45) is 3.58. The van der Waals surface area contributed by atoms with Gasteiger partial charge in [-0.2, -0.15) is 0 Å². The van der Waals surface area contributed by atoms with Gasteiger partial charge < -0.3 is 10.2 Å². The van der Waals surface area contributed by atoms with Crippen LogP contribution in [0, 0.1) is 11.3 Å². The lowest BCUT2D eigenvalue weighted by Gasteiger charge is -2.36. The van der Waals surface area contributed by atoms with Crippen molar-refractivity contribution in [1.29, 1.82) is 0 Å². The Morgan fingerprint density at radius 1 is 0.964 bits per heavy atom. The molecule has 2 amide bonds. The Balaban J connectivity index is 1.39. The van der Waals surface area contributed by atoms with Crippen LogP contribution in [0.4, 0.5) is 0 Å². The van der Waals surface area contributed by atoms with E-state index in [2.05, 4.69) is 40.5 Å². The molecule has 0 spiro atoms. The molecule has 0 bridgehead atoms. The minimum atomic E-state index is -0.344. The molecule has 3 rings (SSSR count). The van der Waals surface area contributed by atoms with Gasteiger partial charge in [-0.1, -0.05) is 51.1 Å². The van der Waals surface area contributed by atoms with E-state index in [0.717, 1.165) is 45.3 Å². The van der Waals surface area contributed by atoms with Gasteiger partial charge in [-0.05, 0) is 31.2 Å². The maximum atomic E-state index is 12.7. The van der Waals surface area contributed by atoms with Crippen molar-refractivity contribution in [3.8, 4) is 0 Å². The summed E-state index contributed by atoms with van der Waals surface area (Å²) in [5.41, 5.74) is 1.00. The Hall–Kier alpha value is -1.88. The van der Waals surface area contributed by atoms with E-state index >= 15 is 0 Å². The molecule has 0 atom stereocenters. The zero-order valence-electron chi connectivity index (χ0n) is 17.6. The van der Waals surface area contributed by atoms with Gasteiger partial charge in [0.25, 0.3) is 0 Å². The number of likely N-dealkylation sites (tertiary alicyclic amines) is 2. The lowest BCUT2D eigenvalue weighted by molar-refractivity contribution is -0.142. The summed E-state index contributed by atoms with van der Waals surface area (Å²) >= 11 is 0. The van der Waals surface area contributed by atoms with E-state index in [1.807, 2.05) is 25.7 Å². The van der Waals surface area contributed by atoms with E-state index in [1.165, 1.54) is 5.56 Å². The third-order valence-corrected chi connectivity index (χ3v) is 5.98. The summed E-state index contributed by atoms with van der Waals surface area (Å²) in [6, 6.07) is 10.9. The van der Waals surface area contributed by atoms with E-state index in [-0.39, 0.29) is 29.2 Å². The van der Waals surface area contributed by atoms with Crippen molar-refractivity contribution < 1.29 is 9.59 Å². The minimum absolute atomic E-state index is 0.0476. The number of rotatable bonds is 4. The Labute approximate surface area is 169 Å². The first kappa shape index (κ1) is 20.8. The number of carbonyl (C=O) groups is 2. The highest BCUT2D eigenvalue weighted by atomic mass is 16.2. The van der Waals surface area contributed by atoms with Crippen molar-refractivity contribution in [3.63, 3.8) is 0 Å². The number of hydrogen-bond donors (Lipinski definition) is 1. The van der Waals surface area contributed by atoms with Crippen LogP contribution < -0.4 is 5.32 Å². The standard InChI is InChI=1S/C23H35N3O2/c1-23(2,3)22(28)26-15-9-19(10-16-26)21(27)24-20-11-13-25(14-12-20)17-18-7-5-4-6-8-18/h4-8,19-20H,9-17H2,1-3H3,(H,24,27). The highest BCUT2D eigenvalue weighted by Gasteiger charge is 2.33. The van der Waals surface area contributed by atoms with Crippen LogP contribution in [0.1, 0.15) is 52.0 Å². The molecule has 1 aromatic carbocycles. The molecule has 2 heterocycles. The average Bonchev–Trinajstić information content (AvgIpc) is 2.69. The third-order valence-electron chi connectivity index (χ3n) is 5.98. The smallest absolute Gasteiger partial charge is 0.227 e. The normalized spacial score (nSPS) is 20.2. The average molecular weight is 386 g/mol. The van der Waals surface area contributed by atoms with Gasteiger partial charge in [-0.15, -0.1) is 0 Å². The van der Waals surface area contributed by atoms with Crippen molar-refractivity contribution in [3.05, 3.63) is 35.9 Å². The van der Waals surface area contributed by atoms with Crippen LogP contribution in [0.15, 0.2) is 30.3 Å². The van der Waals surface area contributed by atoms with Crippen LogP contribution in [-0.2, 0) is 16.1 Å². The number of piperidine rings is 2. The van der Waals surface area contributed by atoms with Crippen molar-refractivity contribution in [2.24, 2.45) is 11.3 Å². The van der Waals surface area contributed by atoms with Gasteiger partial charge in [0.05, 0.1) is 0 Å². The molecule has 2 aliphatic heterocycles. The second-order valence-corrected chi connectivity index (χ2v) is 9.36. The molecular weight excluding hydrogens is 350 g/mol. The summed E-state index contributed by atoms with van der Waals surface area (Å²) in [6.45, 7) is 10.3. The van der Waals surface area contributed by atoms with Gasteiger partial charge in [0.2, 0.25) is 11.8 Å². The number of carbonyl (C=O) groups excluding carboxylic acids is 2. The molecule has 1 N–H and O–H groups in total. The molecule has 2 saturated heterocycles. The van der Waals surface area contributed by atoms with E-state index in [9.17, 15) is 9.59 Å². The number of nitrogens with one attached hydrogen (secondary N) is 1. The number of benzene rings is 1. The number of nitrogens with zero attached hydrogens (tertiary/aromatic N) is 2. The highest BCUT2D eigenvalue weighted by Crippen LogP contribution is 2.24. The Morgan fingerprint density at radius 3 is 2.14 bits per heavy atom. The molecule has 5 heteroatoms. The summed E-state index contributed by atoms with van der Waals surface area (Å²) in [4.78, 5) is 29.5. The SMILES string of the molecule is CC(C)(C)C(=O)N1CCC(C(=O)NC2CCN(Cc3ccccc3)CC2)CC1. The Kier molecular flexibility index (Phi) is 6.76. The quantitative estimate of drug-likeness (QED) is 0.867. The van der Waals surface area contributed by atoms with Crippen molar-refractivity contribution in [1.82, 2.24) is 15.1 Å². The molecule has 0 saturated carbocycles. The van der Waals surface area contributed by atoms with Crippen molar-refractivity contribution in [2.75, 3.05) is 26.2 Å². The third kappa shape index (κ3) is 5.57. The van der Waals surface area contributed by atoms with E-state index in [1.54, 1.807) is 0 Å². The fourth-order valence-corrected chi connectivity index (χ4v) is 4.22. The lowest BCUT2D eigenvalue weighted by Crippen LogP contribution is -2.49. The van der Waals surface area contributed by atoms with Gasteiger partial charge in [-0.25, -0.2) is 0 Å². The van der Waals surface area contributed by atoms with Crippen LogP contribution in [0.2, 0.25) is 0 Å². The van der Waals surface area contributed by atoms with E-state index < -0.39 is 0 Å². The molecule has 154 valence electrons. The highest BCUT2D eigenvalue weighted by molar-refractivity contribution is 5.82. The molecule has 2 aliphatic rings. The predicted molar refractivity (Wildman–Crippen MR) is 112 cm³/mol. The number of amides is 2. The molecule has 0 radical (unpaired) electrons. The van der Waals surface area contributed by atoms with Crippen LogP contribution in [-0.4, -0.2) is 53.8 Å². The van der Waals surface area contributed by atoms with Crippen LogP contribution in [0.3, 0.4) is 0 Å². The van der Waals surface area contributed by atoms with Gasteiger partial charge in [0.15, 0.2) is 0 Å². The molecule has 2 fully saturated rings. The fraction of sp³-hybridized carbons (Fsp3) is 0.652.